The maximum Gasteiger partial charge on any atom is 0.417 e. The maximum atomic E-state index is 13.1. The molecular weight excluding hydrogens is 187 g/mol. The molecule has 3 nitrogen and oxygen atoms in total. The van der Waals surface area contributed by atoms with E-state index in [1.54, 1.807) is 12.1 Å². The van der Waals surface area contributed by atoms with Crippen LogP contribution in [0, 0.1) is 5.82 Å². The third-order valence-corrected chi connectivity index (χ3v) is 1.83. The van der Waals surface area contributed by atoms with Gasteiger partial charge in [-0.05, 0) is 18.2 Å². The molecule has 1 heterocycles. The summed E-state index contributed by atoms with van der Waals surface area (Å²) in [5.74, 6) is 0.0426. The second-order valence-electron chi connectivity index (χ2n) is 2.74. The van der Waals surface area contributed by atoms with Gasteiger partial charge in [-0.1, -0.05) is 6.07 Å². The quantitative estimate of drug-likeness (QED) is 0.749. The summed E-state index contributed by atoms with van der Waals surface area (Å²) in [5, 5.41) is 0.386. The monoisotopic (exact) mass is 193 g/mol. The van der Waals surface area contributed by atoms with E-state index in [1.165, 1.54) is 18.6 Å². The number of benzene rings is 1. The van der Waals surface area contributed by atoms with Gasteiger partial charge in [-0.25, -0.2) is 9.18 Å². The van der Waals surface area contributed by atoms with Gasteiger partial charge in [0, 0.05) is 0 Å². The Hall–Kier alpha value is -1.84. The third kappa shape index (κ3) is 1.46. The van der Waals surface area contributed by atoms with Crippen LogP contribution >= 0.6 is 0 Å². The Bertz CT molecular complexity index is 461. The summed E-state index contributed by atoms with van der Waals surface area (Å²) in [4.78, 5) is 9.80. The molecule has 0 spiro atoms. The molecule has 0 fully saturated rings. The van der Waals surface area contributed by atoms with Gasteiger partial charge in [-0.2, -0.15) is 0 Å². The van der Waals surface area contributed by atoms with Crippen molar-refractivity contribution in [2.24, 2.45) is 0 Å². The Kier molecular flexibility index (Phi) is 2.18. The minimum Gasteiger partial charge on any atom is -0.457 e. The first kappa shape index (κ1) is 8.74. The highest BCUT2D eigenvalue weighted by molar-refractivity contribution is 5.78. The van der Waals surface area contributed by atoms with Gasteiger partial charge in [0.15, 0.2) is 0 Å². The van der Waals surface area contributed by atoms with Crippen molar-refractivity contribution in [1.82, 2.24) is 0 Å². The number of ether oxygens (including phenoxy) is 1. The molecule has 0 amide bonds. The van der Waals surface area contributed by atoms with Crippen molar-refractivity contribution in [3.8, 4) is 0 Å². The summed E-state index contributed by atoms with van der Waals surface area (Å²) >= 11 is 0. The van der Waals surface area contributed by atoms with Gasteiger partial charge in [0.05, 0.1) is 5.39 Å². The lowest BCUT2D eigenvalue weighted by Crippen LogP contribution is -1.85. The molecule has 0 atom stereocenters. The summed E-state index contributed by atoms with van der Waals surface area (Å²) in [6.07, 6.45) is 0. The zero-order chi connectivity index (χ0) is 9.97. The lowest BCUT2D eigenvalue weighted by molar-refractivity contribution is 0.242. The van der Waals surface area contributed by atoms with Crippen molar-refractivity contribution in [2.75, 3.05) is 0 Å². The van der Waals surface area contributed by atoms with Crippen molar-refractivity contribution in [3.05, 3.63) is 35.8 Å². The molecule has 0 unspecified atom stereocenters. The number of furan rings is 1. The summed E-state index contributed by atoms with van der Waals surface area (Å²) in [5.41, 5.74) is 0.439. The fraction of sp³-hybridized carbons (Fsp3) is 0.100. The Morgan fingerprint density at radius 2 is 2.36 bits per heavy atom. The zero-order valence-corrected chi connectivity index (χ0v) is 7.12. The lowest BCUT2D eigenvalue weighted by Gasteiger charge is -1.89. The first-order chi connectivity index (χ1) is 6.81. The first-order valence-corrected chi connectivity index (χ1v) is 3.97. The highest BCUT2D eigenvalue weighted by atomic mass is 19.1. The average Bonchev–Trinajstić information content (AvgIpc) is 2.59. The van der Waals surface area contributed by atoms with Crippen LogP contribution in [0.25, 0.3) is 11.0 Å². The Morgan fingerprint density at radius 3 is 3.07 bits per heavy atom. The van der Waals surface area contributed by atoms with Crippen LogP contribution in [0.5, 0.6) is 0 Å². The summed E-state index contributed by atoms with van der Waals surface area (Å²) < 4.78 is 22.7. The van der Waals surface area contributed by atoms with Gasteiger partial charge < -0.3 is 9.15 Å². The van der Waals surface area contributed by atoms with Crippen LogP contribution in [0.2, 0.25) is 0 Å². The molecule has 0 aliphatic carbocycles. The predicted octanol–water partition coefficient (Wildman–Crippen LogP) is 2.16. The van der Waals surface area contributed by atoms with E-state index in [1.807, 2.05) is 0 Å². The standard InChI is InChI=1S/C10H6FO3/c11-9-2-1-3-10-8(9)4-7(14-10)5-13-6-12/h1-4H,5H2. The van der Waals surface area contributed by atoms with E-state index >= 15 is 0 Å². The largest absolute Gasteiger partial charge is 0.457 e. The van der Waals surface area contributed by atoms with Gasteiger partial charge in [0.2, 0.25) is 0 Å². The van der Waals surface area contributed by atoms with Crippen LogP contribution in [0.4, 0.5) is 4.39 Å². The average molecular weight is 193 g/mol. The molecule has 0 aliphatic heterocycles. The van der Waals surface area contributed by atoms with E-state index in [0.29, 0.717) is 16.7 Å². The third-order valence-electron chi connectivity index (χ3n) is 1.83. The number of fused-ring (bicyclic) bond motifs is 1. The molecule has 2 aromatic rings. The molecule has 2 rings (SSSR count). The van der Waals surface area contributed by atoms with E-state index in [4.69, 9.17) is 4.42 Å². The topological polar surface area (TPSA) is 39.4 Å². The van der Waals surface area contributed by atoms with Gasteiger partial charge in [-0.3, -0.25) is 0 Å². The van der Waals surface area contributed by atoms with Gasteiger partial charge >= 0.3 is 6.47 Å². The molecule has 0 bridgehead atoms. The smallest absolute Gasteiger partial charge is 0.417 e. The predicted molar refractivity (Wildman–Crippen MR) is 46.7 cm³/mol. The van der Waals surface area contributed by atoms with Crippen molar-refractivity contribution in [2.45, 2.75) is 6.61 Å². The van der Waals surface area contributed by atoms with Gasteiger partial charge in [0.1, 0.15) is 23.8 Å². The minimum atomic E-state index is -0.354. The van der Waals surface area contributed by atoms with Crippen LogP contribution in [-0.2, 0) is 16.1 Å². The molecule has 0 saturated carbocycles. The molecule has 1 radical (unpaired) electrons. The van der Waals surface area contributed by atoms with Crippen LogP contribution in [0.3, 0.4) is 0 Å². The molecule has 0 N–H and O–H groups in total. The van der Waals surface area contributed by atoms with E-state index < -0.39 is 0 Å². The number of hydrogen-bond acceptors (Lipinski definition) is 3. The first-order valence-electron chi connectivity index (χ1n) is 3.97. The van der Waals surface area contributed by atoms with Crippen LogP contribution in [0.15, 0.2) is 28.7 Å². The summed E-state index contributed by atoms with van der Waals surface area (Å²) in [6, 6.07) is 6.04. The van der Waals surface area contributed by atoms with Crippen LogP contribution in [0.1, 0.15) is 5.76 Å². The summed E-state index contributed by atoms with van der Waals surface area (Å²) in [7, 11) is 0. The van der Waals surface area contributed by atoms with Crippen LogP contribution in [-0.4, -0.2) is 6.47 Å². The summed E-state index contributed by atoms with van der Waals surface area (Å²) in [6.45, 7) is 1.24. The number of hydrogen-bond donors (Lipinski definition) is 0. The van der Waals surface area contributed by atoms with E-state index in [2.05, 4.69) is 4.74 Å². The fourth-order valence-electron chi connectivity index (χ4n) is 1.25. The molecular formula is C10H6FO3. The molecule has 0 aliphatic rings. The van der Waals surface area contributed by atoms with Gasteiger partial charge in [0.25, 0.3) is 0 Å². The molecule has 1 aromatic heterocycles. The highest BCUT2D eigenvalue weighted by Crippen LogP contribution is 2.22. The Morgan fingerprint density at radius 1 is 1.50 bits per heavy atom. The normalized spacial score (nSPS) is 10.4. The van der Waals surface area contributed by atoms with E-state index in [9.17, 15) is 9.18 Å². The number of rotatable bonds is 3. The van der Waals surface area contributed by atoms with Crippen molar-refractivity contribution < 1.29 is 18.3 Å². The SMILES string of the molecule is O=[C]OCc1cc2c(F)cccc2o1. The Balaban J connectivity index is 2.41. The molecule has 1 aromatic carbocycles. The molecule has 0 saturated heterocycles. The van der Waals surface area contributed by atoms with Crippen molar-refractivity contribution >= 4 is 17.4 Å². The van der Waals surface area contributed by atoms with Crippen molar-refractivity contribution in [1.29, 1.82) is 0 Å². The Labute approximate surface area is 79.1 Å². The maximum absolute atomic E-state index is 13.1. The second-order valence-corrected chi connectivity index (χ2v) is 2.74. The van der Waals surface area contributed by atoms with E-state index in [0.717, 1.165) is 0 Å². The minimum absolute atomic E-state index is 0.0301. The van der Waals surface area contributed by atoms with Crippen LogP contribution < -0.4 is 0 Å². The lowest BCUT2D eigenvalue weighted by atomic mass is 10.2. The highest BCUT2D eigenvalue weighted by Gasteiger charge is 2.07. The zero-order valence-electron chi connectivity index (χ0n) is 7.12. The number of carbonyl (C=O) groups excluding carboxylic acids is 1. The molecule has 71 valence electrons. The molecule has 4 heteroatoms. The second kappa shape index (κ2) is 3.49. The number of halogens is 1. The molecule has 14 heavy (non-hydrogen) atoms. The van der Waals surface area contributed by atoms with Crippen molar-refractivity contribution in [3.63, 3.8) is 0 Å². The van der Waals surface area contributed by atoms with E-state index in [-0.39, 0.29) is 12.4 Å². The fourth-order valence-corrected chi connectivity index (χ4v) is 1.25. The van der Waals surface area contributed by atoms with Gasteiger partial charge in [-0.15, -0.1) is 0 Å².